The van der Waals surface area contributed by atoms with Crippen LogP contribution >= 0.6 is 0 Å². The summed E-state index contributed by atoms with van der Waals surface area (Å²) >= 11 is 0. The van der Waals surface area contributed by atoms with Crippen LogP contribution < -0.4 is 4.74 Å². The molecule has 1 aromatic rings. The van der Waals surface area contributed by atoms with Gasteiger partial charge in [-0.3, -0.25) is 0 Å². The van der Waals surface area contributed by atoms with Gasteiger partial charge in [0.1, 0.15) is 0 Å². The molecule has 15 heavy (non-hydrogen) atoms. The average molecular weight is 207 g/mol. The van der Waals surface area contributed by atoms with E-state index in [1.807, 2.05) is 6.07 Å². The van der Waals surface area contributed by atoms with Gasteiger partial charge in [0.15, 0.2) is 0 Å². The van der Waals surface area contributed by atoms with Crippen LogP contribution in [0.4, 0.5) is 0 Å². The molecule has 0 saturated carbocycles. The quantitative estimate of drug-likeness (QED) is 0.558. The molecule has 0 N–H and O–H groups in total. The van der Waals surface area contributed by atoms with E-state index in [-0.39, 0.29) is 0 Å². The largest absolute Gasteiger partial charge is 0.481 e. The van der Waals surface area contributed by atoms with Gasteiger partial charge in [-0.05, 0) is 24.6 Å². The number of carbonyl (C=O) groups excluding carboxylic acids is 1. The number of carbonyl (C=O) groups is 1. The van der Waals surface area contributed by atoms with E-state index in [9.17, 15) is 4.79 Å². The van der Waals surface area contributed by atoms with Crippen molar-refractivity contribution in [3.63, 3.8) is 0 Å². The fraction of sp³-hybridized carbons (Fsp3) is 0.273. The second-order valence-electron chi connectivity index (χ2n) is 2.91. The Morgan fingerprint density at radius 3 is 2.80 bits per heavy atom. The van der Waals surface area contributed by atoms with Gasteiger partial charge in [-0.25, -0.2) is 9.78 Å². The minimum atomic E-state index is -0.390. The molecule has 0 saturated heterocycles. The second-order valence-corrected chi connectivity index (χ2v) is 2.91. The van der Waals surface area contributed by atoms with E-state index in [0.717, 1.165) is 11.1 Å². The number of hydrogen-bond donors (Lipinski definition) is 0. The summed E-state index contributed by atoms with van der Waals surface area (Å²) in [6.45, 7) is 1.80. The van der Waals surface area contributed by atoms with Gasteiger partial charge in [0.2, 0.25) is 5.88 Å². The van der Waals surface area contributed by atoms with Crippen LogP contribution in [-0.2, 0) is 9.53 Å². The number of aromatic nitrogens is 1. The Kier molecular flexibility index (Phi) is 3.85. The number of rotatable bonds is 3. The third-order valence-electron chi connectivity index (χ3n) is 1.92. The molecule has 0 unspecified atom stereocenters. The lowest BCUT2D eigenvalue weighted by Crippen LogP contribution is -1.98. The van der Waals surface area contributed by atoms with Crippen LogP contribution in [0.5, 0.6) is 5.88 Å². The van der Waals surface area contributed by atoms with Crippen molar-refractivity contribution in [1.82, 2.24) is 4.98 Å². The van der Waals surface area contributed by atoms with Crippen LogP contribution in [0.15, 0.2) is 24.4 Å². The standard InChI is InChI=1S/C11H13NO3/c1-8(7-10(13)14-2)9-5-4-6-12-11(9)15-3/h4-7H,1-3H3/b8-7+. The zero-order valence-electron chi connectivity index (χ0n) is 8.98. The number of nitrogens with zero attached hydrogens (tertiary/aromatic N) is 1. The van der Waals surface area contributed by atoms with Gasteiger partial charge in [-0.1, -0.05) is 0 Å². The molecule has 0 amide bonds. The number of methoxy groups -OCH3 is 2. The summed E-state index contributed by atoms with van der Waals surface area (Å²) in [7, 11) is 2.88. The maximum absolute atomic E-state index is 11.0. The first-order valence-corrected chi connectivity index (χ1v) is 4.44. The molecule has 1 aromatic heterocycles. The molecular weight excluding hydrogens is 194 g/mol. The maximum atomic E-state index is 11.0. The maximum Gasteiger partial charge on any atom is 0.330 e. The van der Waals surface area contributed by atoms with Crippen molar-refractivity contribution in [1.29, 1.82) is 0 Å². The summed E-state index contributed by atoms with van der Waals surface area (Å²) in [4.78, 5) is 15.1. The highest BCUT2D eigenvalue weighted by Gasteiger charge is 2.06. The molecule has 0 aromatic carbocycles. The molecule has 1 rings (SSSR count). The predicted octanol–water partition coefficient (Wildman–Crippen LogP) is 1.67. The Labute approximate surface area is 88.5 Å². The number of allylic oxidation sites excluding steroid dienone is 1. The van der Waals surface area contributed by atoms with Crippen LogP contribution in [0, 0.1) is 0 Å². The molecule has 1 heterocycles. The summed E-state index contributed by atoms with van der Waals surface area (Å²) in [6.07, 6.45) is 3.04. The fourth-order valence-electron chi connectivity index (χ4n) is 1.17. The second kappa shape index (κ2) is 5.14. The first-order valence-electron chi connectivity index (χ1n) is 4.44. The van der Waals surface area contributed by atoms with Gasteiger partial charge >= 0.3 is 5.97 Å². The van der Waals surface area contributed by atoms with Gasteiger partial charge < -0.3 is 9.47 Å². The van der Waals surface area contributed by atoms with Gasteiger partial charge in [0, 0.05) is 17.8 Å². The van der Waals surface area contributed by atoms with E-state index in [1.165, 1.54) is 20.3 Å². The molecule has 0 aliphatic heterocycles. The number of ether oxygens (including phenoxy) is 2. The Hall–Kier alpha value is -1.84. The molecule has 0 bridgehead atoms. The minimum Gasteiger partial charge on any atom is -0.481 e. The van der Waals surface area contributed by atoms with E-state index in [1.54, 1.807) is 19.2 Å². The number of hydrogen-bond acceptors (Lipinski definition) is 4. The normalized spacial score (nSPS) is 11.0. The molecule has 0 radical (unpaired) electrons. The number of pyridine rings is 1. The Morgan fingerprint density at radius 1 is 1.47 bits per heavy atom. The van der Waals surface area contributed by atoms with Crippen molar-refractivity contribution in [2.24, 2.45) is 0 Å². The van der Waals surface area contributed by atoms with Crippen molar-refractivity contribution in [3.8, 4) is 5.88 Å². The van der Waals surface area contributed by atoms with Crippen LogP contribution in [0.2, 0.25) is 0 Å². The van der Waals surface area contributed by atoms with Crippen LogP contribution in [0.25, 0.3) is 5.57 Å². The smallest absolute Gasteiger partial charge is 0.330 e. The molecule has 4 nitrogen and oxygen atoms in total. The molecule has 4 heteroatoms. The number of esters is 1. The van der Waals surface area contributed by atoms with Crippen LogP contribution in [-0.4, -0.2) is 25.2 Å². The predicted molar refractivity (Wildman–Crippen MR) is 56.5 cm³/mol. The van der Waals surface area contributed by atoms with E-state index in [4.69, 9.17) is 4.74 Å². The van der Waals surface area contributed by atoms with Crippen molar-refractivity contribution in [3.05, 3.63) is 30.0 Å². The Morgan fingerprint density at radius 2 is 2.20 bits per heavy atom. The SMILES string of the molecule is COC(=O)/C=C(\C)c1cccnc1OC. The molecule has 0 atom stereocenters. The summed E-state index contributed by atoms with van der Waals surface area (Å²) in [5.74, 6) is 0.105. The molecule has 0 fully saturated rings. The summed E-state index contributed by atoms with van der Waals surface area (Å²) < 4.78 is 9.62. The lowest BCUT2D eigenvalue weighted by Gasteiger charge is -2.06. The third kappa shape index (κ3) is 2.80. The van der Waals surface area contributed by atoms with Gasteiger partial charge in [0.05, 0.1) is 14.2 Å². The molecule has 0 aliphatic carbocycles. The lowest BCUT2D eigenvalue weighted by molar-refractivity contribution is -0.134. The van der Waals surface area contributed by atoms with Crippen molar-refractivity contribution < 1.29 is 14.3 Å². The average Bonchev–Trinajstić information content (AvgIpc) is 2.28. The highest BCUT2D eigenvalue weighted by atomic mass is 16.5. The Balaban J connectivity index is 3.05. The topological polar surface area (TPSA) is 48.4 Å². The van der Waals surface area contributed by atoms with Gasteiger partial charge in [-0.2, -0.15) is 0 Å². The molecule has 0 aliphatic rings. The lowest BCUT2D eigenvalue weighted by atomic mass is 10.1. The monoisotopic (exact) mass is 207 g/mol. The third-order valence-corrected chi connectivity index (χ3v) is 1.92. The van der Waals surface area contributed by atoms with Crippen LogP contribution in [0.1, 0.15) is 12.5 Å². The van der Waals surface area contributed by atoms with Crippen molar-refractivity contribution in [2.45, 2.75) is 6.92 Å². The molecular formula is C11H13NO3. The van der Waals surface area contributed by atoms with E-state index < -0.39 is 5.97 Å². The Bertz CT molecular complexity index is 385. The van der Waals surface area contributed by atoms with Crippen molar-refractivity contribution in [2.75, 3.05) is 14.2 Å². The zero-order valence-corrected chi connectivity index (χ0v) is 8.98. The summed E-state index contributed by atoms with van der Waals surface area (Å²) in [5, 5.41) is 0. The van der Waals surface area contributed by atoms with Gasteiger partial charge in [0.25, 0.3) is 0 Å². The summed E-state index contributed by atoms with van der Waals surface area (Å²) in [6, 6.07) is 3.62. The fourth-order valence-corrected chi connectivity index (χ4v) is 1.17. The highest BCUT2D eigenvalue weighted by Crippen LogP contribution is 2.22. The van der Waals surface area contributed by atoms with Gasteiger partial charge in [-0.15, -0.1) is 0 Å². The van der Waals surface area contributed by atoms with E-state index in [0.29, 0.717) is 5.88 Å². The minimum absolute atomic E-state index is 0.390. The zero-order chi connectivity index (χ0) is 11.3. The molecule has 0 spiro atoms. The van der Waals surface area contributed by atoms with Crippen LogP contribution in [0.3, 0.4) is 0 Å². The first-order chi connectivity index (χ1) is 7.19. The van der Waals surface area contributed by atoms with E-state index >= 15 is 0 Å². The van der Waals surface area contributed by atoms with E-state index in [2.05, 4.69) is 9.72 Å². The highest BCUT2D eigenvalue weighted by molar-refractivity contribution is 5.91. The molecule has 80 valence electrons. The summed E-state index contributed by atoms with van der Waals surface area (Å²) in [5.41, 5.74) is 1.54. The first kappa shape index (κ1) is 11.2. The van der Waals surface area contributed by atoms with Crippen molar-refractivity contribution >= 4 is 11.5 Å².